The van der Waals surface area contributed by atoms with Crippen LogP contribution >= 0.6 is 7.92 Å². The first-order valence-corrected chi connectivity index (χ1v) is 13.0. The highest BCUT2D eigenvalue weighted by Gasteiger charge is 2.18. The van der Waals surface area contributed by atoms with E-state index in [1.807, 2.05) is 36.4 Å². The lowest BCUT2D eigenvalue weighted by Gasteiger charge is -2.20. The molecule has 10 heteroatoms. The molecule has 0 aliphatic rings. The highest BCUT2D eigenvalue weighted by Crippen LogP contribution is 2.33. The van der Waals surface area contributed by atoms with Gasteiger partial charge < -0.3 is 31.7 Å². The van der Waals surface area contributed by atoms with Crippen molar-refractivity contribution in [2.24, 2.45) is 5.73 Å². The van der Waals surface area contributed by atoms with Crippen molar-refractivity contribution >= 4 is 41.6 Å². The smallest absolute Gasteiger partial charge is 0.251 e. The summed E-state index contributed by atoms with van der Waals surface area (Å²) in [7, 11) is -1.06. The Kier molecular flexibility index (Phi) is 12.4. The molecule has 0 bridgehead atoms. The predicted molar refractivity (Wildman–Crippen MR) is 145 cm³/mol. The molecular formula is C27H32N3O6P. The number of amides is 3. The zero-order valence-corrected chi connectivity index (χ0v) is 21.4. The number of aliphatic hydroxyl groups excluding tert-OH is 3. The molecule has 0 heterocycles. The van der Waals surface area contributed by atoms with Gasteiger partial charge in [0.1, 0.15) is 0 Å². The molecule has 37 heavy (non-hydrogen) atoms. The van der Waals surface area contributed by atoms with E-state index in [0.29, 0.717) is 16.7 Å². The zero-order chi connectivity index (χ0) is 27.2. The van der Waals surface area contributed by atoms with E-state index in [1.54, 1.807) is 43.3 Å². The zero-order valence-electron chi connectivity index (χ0n) is 20.6. The third kappa shape index (κ3) is 8.77. The lowest BCUT2D eigenvalue weighted by atomic mass is 10.2. The van der Waals surface area contributed by atoms with Crippen LogP contribution in [0, 0.1) is 0 Å². The van der Waals surface area contributed by atoms with Gasteiger partial charge in [0.2, 0.25) is 5.91 Å². The minimum absolute atomic E-state index is 0.134. The first-order valence-electron chi connectivity index (χ1n) is 11.6. The molecule has 0 fully saturated rings. The Bertz CT molecular complexity index is 1090. The molecule has 0 aliphatic carbocycles. The minimum Gasteiger partial charge on any atom is -0.397 e. The molecule has 0 radical (unpaired) electrons. The van der Waals surface area contributed by atoms with Crippen molar-refractivity contribution in [3.05, 3.63) is 89.5 Å². The molecule has 3 rings (SSSR count). The van der Waals surface area contributed by atoms with Crippen LogP contribution in [-0.4, -0.2) is 66.0 Å². The number of hydrogen-bond donors (Lipinski definition) is 6. The fourth-order valence-corrected chi connectivity index (χ4v) is 5.52. The maximum absolute atomic E-state index is 12.2. The largest absolute Gasteiger partial charge is 0.397 e. The van der Waals surface area contributed by atoms with Crippen LogP contribution in [0.4, 0.5) is 0 Å². The highest BCUT2D eigenvalue weighted by atomic mass is 31.1. The molecule has 0 saturated carbocycles. The van der Waals surface area contributed by atoms with Crippen molar-refractivity contribution in [1.29, 1.82) is 0 Å². The quantitative estimate of drug-likeness (QED) is 0.204. The van der Waals surface area contributed by atoms with E-state index in [2.05, 4.69) is 10.6 Å². The van der Waals surface area contributed by atoms with Crippen molar-refractivity contribution in [2.75, 3.05) is 32.9 Å². The van der Waals surface area contributed by atoms with Crippen LogP contribution in [0.25, 0.3) is 0 Å². The predicted octanol–water partition coefficient (Wildman–Crippen LogP) is -0.0135. The van der Waals surface area contributed by atoms with Crippen LogP contribution in [-0.2, 0) is 0 Å². The normalized spacial score (nSPS) is 10.3. The number of benzene rings is 3. The Morgan fingerprint density at radius 3 is 1.22 bits per heavy atom. The summed E-state index contributed by atoms with van der Waals surface area (Å²) in [6.07, 6.45) is 0. The lowest BCUT2D eigenvalue weighted by Crippen LogP contribution is -2.27. The number of carbonyl (C=O) groups excluding carboxylic acids is 3. The van der Waals surface area contributed by atoms with Gasteiger partial charge in [0.05, 0.1) is 13.2 Å². The van der Waals surface area contributed by atoms with Crippen LogP contribution in [0.15, 0.2) is 72.8 Å². The molecule has 196 valence electrons. The van der Waals surface area contributed by atoms with Crippen LogP contribution in [0.5, 0.6) is 0 Å². The van der Waals surface area contributed by atoms with Gasteiger partial charge in [0, 0.05) is 36.4 Å². The lowest BCUT2D eigenvalue weighted by molar-refractivity contribution is 0.0937. The van der Waals surface area contributed by atoms with E-state index in [1.165, 1.54) is 0 Å². The average molecular weight is 526 g/mol. The number of nitrogens with two attached hydrogens (primary N) is 1. The van der Waals surface area contributed by atoms with Gasteiger partial charge in [-0.25, -0.2) is 0 Å². The molecule has 9 nitrogen and oxygen atoms in total. The summed E-state index contributed by atoms with van der Waals surface area (Å²) in [5, 5.41) is 33.5. The first-order chi connectivity index (χ1) is 17.9. The van der Waals surface area contributed by atoms with Crippen molar-refractivity contribution in [3.8, 4) is 0 Å². The van der Waals surface area contributed by atoms with E-state index in [0.717, 1.165) is 15.9 Å². The Morgan fingerprint density at radius 2 is 0.946 bits per heavy atom. The summed E-state index contributed by atoms with van der Waals surface area (Å²) in [5.41, 5.74) is 6.75. The van der Waals surface area contributed by atoms with Gasteiger partial charge in [-0.1, -0.05) is 36.4 Å². The molecular weight excluding hydrogens is 493 g/mol. The number of nitrogens with one attached hydrogen (secondary N) is 2. The van der Waals surface area contributed by atoms with E-state index >= 15 is 0 Å². The molecule has 7 N–H and O–H groups in total. The molecule has 0 unspecified atom stereocenters. The van der Waals surface area contributed by atoms with Crippen molar-refractivity contribution in [2.45, 2.75) is 6.92 Å². The van der Waals surface area contributed by atoms with Crippen LogP contribution < -0.4 is 32.3 Å². The number of primary amides is 1. The Balaban J connectivity index is 0.00000153. The number of rotatable bonds is 10. The maximum atomic E-state index is 12.2. The maximum Gasteiger partial charge on any atom is 0.251 e. The molecule has 0 spiro atoms. The summed E-state index contributed by atoms with van der Waals surface area (Å²) in [6.45, 7) is 2.02. The fraction of sp³-hybridized carbons (Fsp3) is 0.222. The monoisotopic (exact) mass is 525 g/mol. The van der Waals surface area contributed by atoms with E-state index in [4.69, 9.17) is 21.1 Å². The standard InChI is InChI=1S/C25H26N3O5P.C2H6O/c26-23(31)17-1-7-20(8-2-17)34(21-9-3-18(4-10-21)24(32)27-13-15-29)22-11-5-19(6-12-22)25(33)28-14-16-30;1-2-3/h1-12,29-30H,13-16H2,(H2,26,31)(H,27,32)(H,28,33);3H,2H2,1H3. The Hall–Kier alpha value is -3.62. The van der Waals surface area contributed by atoms with Crippen molar-refractivity contribution in [3.63, 3.8) is 0 Å². The second kappa shape index (κ2) is 15.5. The first kappa shape index (κ1) is 29.6. The molecule has 0 aromatic heterocycles. The molecule has 0 saturated heterocycles. The summed E-state index contributed by atoms with van der Waals surface area (Å²) in [5.74, 6) is -1.05. The third-order valence-corrected chi connectivity index (χ3v) is 7.42. The van der Waals surface area contributed by atoms with Crippen LogP contribution in [0.1, 0.15) is 38.0 Å². The van der Waals surface area contributed by atoms with Gasteiger partial charge in [0.15, 0.2) is 0 Å². The molecule has 3 aromatic rings. The second-order valence-electron chi connectivity index (χ2n) is 7.62. The van der Waals surface area contributed by atoms with Gasteiger partial charge >= 0.3 is 0 Å². The van der Waals surface area contributed by atoms with Crippen molar-refractivity contribution < 1.29 is 29.7 Å². The van der Waals surface area contributed by atoms with Gasteiger partial charge in [-0.2, -0.15) is 0 Å². The minimum atomic E-state index is -1.06. The molecule has 3 amide bonds. The van der Waals surface area contributed by atoms with Crippen LogP contribution in [0.2, 0.25) is 0 Å². The average Bonchev–Trinajstić information content (AvgIpc) is 2.92. The Morgan fingerprint density at radius 1 is 0.649 bits per heavy atom. The van der Waals surface area contributed by atoms with E-state index in [9.17, 15) is 14.4 Å². The van der Waals surface area contributed by atoms with Gasteiger partial charge in [-0.05, 0) is 67.2 Å². The highest BCUT2D eigenvalue weighted by molar-refractivity contribution is 7.79. The summed E-state index contributed by atoms with van der Waals surface area (Å²) in [6, 6.07) is 21.5. The second-order valence-corrected chi connectivity index (χ2v) is 9.84. The Labute approximate surface area is 217 Å². The molecule has 3 aromatic carbocycles. The molecule has 0 atom stereocenters. The number of carbonyl (C=O) groups is 3. The molecule has 0 aliphatic heterocycles. The number of aliphatic hydroxyl groups is 3. The fourth-order valence-electron chi connectivity index (χ4n) is 3.29. The van der Waals surface area contributed by atoms with E-state index < -0.39 is 13.8 Å². The topological polar surface area (TPSA) is 162 Å². The van der Waals surface area contributed by atoms with Crippen molar-refractivity contribution in [1.82, 2.24) is 10.6 Å². The van der Waals surface area contributed by atoms with Gasteiger partial charge in [-0.3, -0.25) is 14.4 Å². The van der Waals surface area contributed by atoms with Gasteiger partial charge in [-0.15, -0.1) is 0 Å². The summed E-state index contributed by atoms with van der Waals surface area (Å²) >= 11 is 0. The third-order valence-electron chi connectivity index (χ3n) is 4.98. The SMILES string of the molecule is CCO.NC(=O)c1ccc(P(c2ccc(C(=O)NCCO)cc2)c2ccc(C(=O)NCCO)cc2)cc1. The van der Waals surface area contributed by atoms with Gasteiger partial charge in [0.25, 0.3) is 11.8 Å². The van der Waals surface area contributed by atoms with E-state index in [-0.39, 0.29) is 44.7 Å². The number of hydrogen-bond acceptors (Lipinski definition) is 6. The van der Waals surface area contributed by atoms with Crippen LogP contribution in [0.3, 0.4) is 0 Å². The summed E-state index contributed by atoms with van der Waals surface area (Å²) < 4.78 is 0. The summed E-state index contributed by atoms with van der Waals surface area (Å²) in [4.78, 5) is 35.9.